The maximum atomic E-state index is 12.1. The number of thiazole rings is 1. The lowest BCUT2D eigenvalue weighted by atomic mass is 10.2. The van der Waals surface area contributed by atoms with Gasteiger partial charge in [0.1, 0.15) is 4.88 Å². The second kappa shape index (κ2) is 5.55. The SMILES string of the molecule is Cc1nc(N)sc1C(=O)Nc1cc([N+](=O)[O-])ccc1Br. The van der Waals surface area contributed by atoms with Crippen LogP contribution >= 0.6 is 27.3 Å². The van der Waals surface area contributed by atoms with Crippen LogP contribution in [-0.4, -0.2) is 15.8 Å². The molecule has 0 aliphatic carbocycles. The van der Waals surface area contributed by atoms with Gasteiger partial charge < -0.3 is 11.1 Å². The number of nitrogens with one attached hydrogen (secondary N) is 1. The molecule has 3 N–H and O–H groups in total. The quantitative estimate of drug-likeness (QED) is 0.648. The minimum absolute atomic E-state index is 0.107. The molecule has 2 aromatic rings. The number of aryl methyl sites for hydroxylation is 1. The van der Waals surface area contributed by atoms with Crippen molar-refractivity contribution in [3.05, 3.63) is 43.4 Å². The molecule has 1 amide bonds. The lowest BCUT2D eigenvalue weighted by Gasteiger charge is -2.06. The molecule has 7 nitrogen and oxygen atoms in total. The first-order valence-electron chi connectivity index (χ1n) is 5.36. The standard InChI is InChI=1S/C11H9BrN4O3S/c1-5-9(20-11(13)14-5)10(17)15-8-4-6(16(18)19)2-3-7(8)12/h2-4H,1H3,(H2,13,14)(H,15,17). The molecule has 0 radical (unpaired) electrons. The van der Waals surface area contributed by atoms with E-state index in [1.807, 2.05) is 0 Å². The van der Waals surface area contributed by atoms with Gasteiger partial charge >= 0.3 is 0 Å². The van der Waals surface area contributed by atoms with Gasteiger partial charge in [0.15, 0.2) is 5.13 Å². The molecule has 0 saturated carbocycles. The number of nitrogens with two attached hydrogens (primary N) is 1. The summed E-state index contributed by atoms with van der Waals surface area (Å²) in [5.74, 6) is -0.405. The van der Waals surface area contributed by atoms with Crippen LogP contribution in [0.25, 0.3) is 0 Å². The van der Waals surface area contributed by atoms with E-state index in [1.165, 1.54) is 18.2 Å². The maximum Gasteiger partial charge on any atom is 0.271 e. The molecule has 9 heteroatoms. The van der Waals surface area contributed by atoms with Gasteiger partial charge in [-0.05, 0) is 28.9 Å². The zero-order valence-electron chi connectivity index (χ0n) is 10.2. The first-order valence-corrected chi connectivity index (χ1v) is 6.97. The van der Waals surface area contributed by atoms with Crippen LogP contribution in [0.3, 0.4) is 0 Å². The number of halogens is 1. The molecule has 0 unspecified atom stereocenters. The molecule has 0 fully saturated rings. The van der Waals surface area contributed by atoms with Crippen molar-refractivity contribution in [1.82, 2.24) is 4.98 Å². The van der Waals surface area contributed by atoms with Crippen LogP contribution in [0, 0.1) is 17.0 Å². The first-order chi connectivity index (χ1) is 9.38. The van der Waals surface area contributed by atoms with Gasteiger partial charge in [0.25, 0.3) is 11.6 Å². The van der Waals surface area contributed by atoms with Crippen LogP contribution in [0.5, 0.6) is 0 Å². The van der Waals surface area contributed by atoms with Crippen molar-refractivity contribution < 1.29 is 9.72 Å². The molecule has 0 aliphatic heterocycles. The minimum Gasteiger partial charge on any atom is -0.375 e. The highest BCUT2D eigenvalue weighted by molar-refractivity contribution is 9.10. The summed E-state index contributed by atoms with van der Waals surface area (Å²) in [6.45, 7) is 1.67. The summed E-state index contributed by atoms with van der Waals surface area (Å²) in [7, 11) is 0. The van der Waals surface area contributed by atoms with Crippen molar-refractivity contribution >= 4 is 49.7 Å². The zero-order valence-corrected chi connectivity index (χ0v) is 12.6. The Kier molecular flexibility index (Phi) is 4.00. The number of benzene rings is 1. The van der Waals surface area contributed by atoms with Crippen LogP contribution in [-0.2, 0) is 0 Å². The van der Waals surface area contributed by atoms with Crippen LogP contribution in [0.2, 0.25) is 0 Å². The average Bonchev–Trinajstić information content (AvgIpc) is 2.71. The van der Waals surface area contributed by atoms with Gasteiger partial charge in [-0.1, -0.05) is 11.3 Å². The molecular formula is C11H9BrN4O3S. The van der Waals surface area contributed by atoms with E-state index in [0.29, 0.717) is 25.9 Å². The van der Waals surface area contributed by atoms with Crippen molar-refractivity contribution in [1.29, 1.82) is 0 Å². The Labute approximate surface area is 126 Å². The molecule has 0 spiro atoms. The van der Waals surface area contributed by atoms with E-state index in [-0.39, 0.29) is 5.69 Å². The third kappa shape index (κ3) is 2.94. The largest absolute Gasteiger partial charge is 0.375 e. The van der Waals surface area contributed by atoms with Gasteiger partial charge in [-0.2, -0.15) is 0 Å². The Hall–Kier alpha value is -2.00. The van der Waals surface area contributed by atoms with Crippen molar-refractivity contribution in [2.24, 2.45) is 0 Å². The summed E-state index contributed by atoms with van der Waals surface area (Å²) in [6, 6.07) is 4.12. The predicted octanol–water partition coefficient (Wildman–Crippen LogP) is 2.96. The predicted molar refractivity (Wildman–Crippen MR) is 80.0 cm³/mol. The van der Waals surface area contributed by atoms with Crippen LogP contribution in [0.4, 0.5) is 16.5 Å². The summed E-state index contributed by atoms with van der Waals surface area (Å²) in [6.07, 6.45) is 0. The Bertz CT molecular complexity index is 701. The molecule has 104 valence electrons. The highest BCUT2D eigenvalue weighted by Gasteiger charge is 2.17. The number of hydrogen-bond donors (Lipinski definition) is 2. The first kappa shape index (κ1) is 14.4. The Balaban J connectivity index is 2.30. The lowest BCUT2D eigenvalue weighted by Crippen LogP contribution is -2.12. The van der Waals surface area contributed by atoms with Crippen molar-refractivity contribution in [3.63, 3.8) is 0 Å². The van der Waals surface area contributed by atoms with Gasteiger partial charge in [-0.3, -0.25) is 14.9 Å². The molecule has 1 heterocycles. The van der Waals surface area contributed by atoms with E-state index in [9.17, 15) is 14.9 Å². The van der Waals surface area contributed by atoms with E-state index >= 15 is 0 Å². The van der Waals surface area contributed by atoms with Gasteiger partial charge in [-0.25, -0.2) is 4.98 Å². The smallest absolute Gasteiger partial charge is 0.271 e. The second-order valence-electron chi connectivity index (χ2n) is 3.84. The van der Waals surface area contributed by atoms with E-state index in [4.69, 9.17) is 5.73 Å². The number of nitrogens with zero attached hydrogens (tertiary/aromatic N) is 2. The fourth-order valence-corrected chi connectivity index (χ4v) is 2.60. The van der Waals surface area contributed by atoms with E-state index in [2.05, 4.69) is 26.2 Å². The molecule has 0 atom stereocenters. The Morgan fingerprint density at radius 3 is 2.80 bits per heavy atom. The number of anilines is 2. The normalized spacial score (nSPS) is 10.3. The number of carbonyl (C=O) groups is 1. The topological polar surface area (TPSA) is 111 Å². The third-order valence-electron chi connectivity index (χ3n) is 2.43. The average molecular weight is 357 g/mol. The van der Waals surface area contributed by atoms with Crippen molar-refractivity contribution in [2.75, 3.05) is 11.1 Å². The van der Waals surface area contributed by atoms with Crippen LogP contribution in [0.15, 0.2) is 22.7 Å². The van der Waals surface area contributed by atoms with Crippen LogP contribution in [0.1, 0.15) is 15.4 Å². The summed E-state index contributed by atoms with van der Waals surface area (Å²) in [5, 5.41) is 13.6. The lowest BCUT2D eigenvalue weighted by molar-refractivity contribution is -0.384. The second-order valence-corrected chi connectivity index (χ2v) is 5.73. The van der Waals surface area contributed by atoms with Gasteiger partial charge in [0, 0.05) is 16.6 Å². The van der Waals surface area contributed by atoms with Crippen molar-refractivity contribution in [3.8, 4) is 0 Å². The number of nitrogen functional groups attached to an aromatic ring is 1. The number of aromatic nitrogens is 1. The van der Waals surface area contributed by atoms with Gasteiger partial charge in [0.05, 0.1) is 16.3 Å². The maximum absolute atomic E-state index is 12.1. The van der Waals surface area contributed by atoms with Gasteiger partial charge in [-0.15, -0.1) is 0 Å². The number of carbonyl (C=O) groups excluding carboxylic acids is 1. The highest BCUT2D eigenvalue weighted by atomic mass is 79.9. The summed E-state index contributed by atoms with van der Waals surface area (Å²) in [5.41, 5.74) is 6.26. The molecule has 0 aliphatic rings. The number of nitro benzene ring substituents is 1. The van der Waals surface area contributed by atoms with E-state index in [1.54, 1.807) is 6.92 Å². The summed E-state index contributed by atoms with van der Waals surface area (Å²) in [4.78, 5) is 26.6. The van der Waals surface area contributed by atoms with E-state index in [0.717, 1.165) is 11.3 Å². The summed E-state index contributed by atoms with van der Waals surface area (Å²) < 4.78 is 0.548. The van der Waals surface area contributed by atoms with Gasteiger partial charge in [0.2, 0.25) is 0 Å². The number of amides is 1. The fourth-order valence-electron chi connectivity index (χ4n) is 1.53. The van der Waals surface area contributed by atoms with Crippen LogP contribution < -0.4 is 11.1 Å². The monoisotopic (exact) mass is 356 g/mol. The number of hydrogen-bond acceptors (Lipinski definition) is 6. The molecule has 1 aromatic heterocycles. The molecule has 2 rings (SSSR count). The zero-order chi connectivity index (χ0) is 14.9. The number of non-ortho nitro benzene ring substituents is 1. The highest BCUT2D eigenvalue weighted by Crippen LogP contribution is 2.28. The molecule has 1 aromatic carbocycles. The minimum atomic E-state index is -0.530. The number of rotatable bonds is 3. The third-order valence-corrected chi connectivity index (χ3v) is 4.11. The van der Waals surface area contributed by atoms with Crippen molar-refractivity contribution in [2.45, 2.75) is 6.92 Å². The Morgan fingerprint density at radius 2 is 2.25 bits per heavy atom. The molecule has 0 bridgehead atoms. The molecular weight excluding hydrogens is 348 g/mol. The fraction of sp³-hybridized carbons (Fsp3) is 0.0909. The Morgan fingerprint density at radius 1 is 1.55 bits per heavy atom. The summed E-state index contributed by atoms with van der Waals surface area (Å²) >= 11 is 4.29. The molecule has 0 saturated heterocycles. The van der Waals surface area contributed by atoms with E-state index < -0.39 is 10.8 Å². The number of nitro groups is 1. The molecule has 20 heavy (non-hydrogen) atoms.